The maximum Gasteiger partial charge on any atom is 0.325 e. The van der Waals surface area contributed by atoms with Gasteiger partial charge >= 0.3 is 5.97 Å². The Morgan fingerprint density at radius 3 is 1.58 bits per heavy atom. The van der Waals surface area contributed by atoms with Crippen molar-refractivity contribution in [2.75, 3.05) is 0 Å². The molecule has 0 fully saturated rings. The van der Waals surface area contributed by atoms with Gasteiger partial charge in [0, 0.05) is 12.8 Å². The van der Waals surface area contributed by atoms with Gasteiger partial charge in [-0.3, -0.25) is 24.0 Å². The first-order valence-electron chi connectivity index (χ1n) is 11.3. The van der Waals surface area contributed by atoms with E-state index < -0.39 is 60.2 Å². The average Bonchev–Trinajstić information content (AvgIpc) is 2.83. The highest BCUT2D eigenvalue weighted by Gasteiger charge is 2.30. The highest BCUT2D eigenvalue weighted by molar-refractivity contribution is 5.95. The summed E-state index contributed by atoms with van der Waals surface area (Å²) in [6.45, 7) is 1.31. The molecule has 192 valence electrons. The maximum absolute atomic E-state index is 13.3. The highest BCUT2D eigenvalue weighted by Crippen LogP contribution is 2.08. The number of hydrogen-bond donors (Lipinski definition) is 6. The van der Waals surface area contributed by atoms with Crippen LogP contribution in [0.25, 0.3) is 0 Å². The highest BCUT2D eigenvalue weighted by atomic mass is 16.4. The van der Waals surface area contributed by atoms with Crippen LogP contribution in [0.5, 0.6) is 0 Å². The predicted octanol–water partition coefficient (Wildman–Crippen LogP) is -0.767. The van der Waals surface area contributed by atoms with Gasteiger partial charge in [-0.1, -0.05) is 60.7 Å². The van der Waals surface area contributed by atoms with E-state index in [1.807, 2.05) is 0 Å². The van der Waals surface area contributed by atoms with Gasteiger partial charge in [0.1, 0.15) is 18.1 Å². The van der Waals surface area contributed by atoms with Crippen molar-refractivity contribution in [3.8, 4) is 0 Å². The zero-order valence-electron chi connectivity index (χ0n) is 19.8. The second kappa shape index (κ2) is 13.6. The molecule has 0 aromatic heterocycles. The molecule has 0 heterocycles. The molecule has 8 N–H and O–H groups in total. The Kier molecular flexibility index (Phi) is 10.6. The number of nitrogens with two attached hydrogens (primary N) is 2. The molecule has 0 saturated heterocycles. The number of hydrogen-bond acceptors (Lipinski definition) is 6. The molecule has 2 aromatic rings. The molecule has 0 spiro atoms. The minimum Gasteiger partial charge on any atom is -0.480 e. The van der Waals surface area contributed by atoms with Crippen LogP contribution in [-0.2, 0) is 36.8 Å². The lowest BCUT2D eigenvalue weighted by Crippen LogP contribution is -2.58. The van der Waals surface area contributed by atoms with E-state index in [-0.39, 0.29) is 12.8 Å². The number of carboxylic acids is 1. The van der Waals surface area contributed by atoms with Crippen LogP contribution in [0.4, 0.5) is 0 Å². The molecule has 0 aliphatic carbocycles. The average molecular weight is 498 g/mol. The maximum atomic E-state index is 13.3. The van der Waals surface area contributed by atoms with Gasteiger partial charge in [0.05, 0.1) is 12.5 Å². The molecule has 2 aromatic carbocycles. The van der Waals surface area contributed by atoms with Crippen molar-refractivity contribution in [1.29, 1.82) is 0 Å². The normalized spacial score (nSPS) is 13.9. The van der Waals surface area contributed by atoms with E-state index >= 15 is 0 Å². The van der Waals surface area contributed by atoms with E-state index in [1.165, 1.54) is 6.92 Å². The van der Waals surface area contributed by atoms with E-state index in [0.717, 1.165) is 11.1 Å². The van der Waals surface area contributed by atoms with Crippen LogP contribution in [0.2, 0.25) is 0 Å². The molecule has 2 rings (SSSR count). The molecule has 0 bridgehead atoms. The lowest BCUT2D eigenvalue weighted by molar-refractivity contribution is -0.141. The second-order valence-corrected chi connectivity index (χ2v) is 8.35. The zero-order chi connectivity index (χ0) is 26.7. The van der Waals surface area contributed by atoms with Gasteiger partial charge in [-0.05, 0) is 18.1 Å². The van der Waals surface area contributed by atoms with Crippen LogP contribution >= 0.6 is 0 Å². The van der Waals surface area contributed by atoms with Gasteiger partial charge in [0.2, 0.25) is 23.6 Å². The summed E-state index contributed by atoms with van der Waals surface area (Å²) in [4.78, 5) is 61.1. The Morgan fingerprint density at radius 2 is 1.17 bits per heavy atom. The summed E-state index contributed by atoms with van der Waals surface area (Å²) in [6, 6.07) is 13.0. The number of benzene rings is 2. The summed E-state index contributed by atoms with van der Waals surface area (Å²) in [7, 11) is 0. The Bertz CT molecular complexity index is 1060. The summed E-state index contributed by atoms with van der Waals surface area (Å²) in [5, 5.41) is 16.7. The number of carbonyl (C=O) groups excluding carboxylic acids is 4. The Hall–Kier alpha value is -4.25. The molecule has 36 heavy (non-hydrogen) atoms. The number of rotatable bonds is 13. The predicted molar refractivity (Wildman–Crippen MR) is 131 cm³/mol. The first-order chi connectivity index (χ1) is 17.1. The number of carboxylic acid groups (broad SMARTS) is 1. The minimum absolute atomic E-state index is 0.0763. The molecule has 4 atom stereocenters. The number of carbonyl (C=O) groups is 5. The fourth-order valence-electron chi connectivity index (χ4n) is 3.35. The van der Waals surface area contributed by atoms with Crippen molar-refractivity contribution >= 4 is 29.6 Å². The van der Waals surface area contributed by atoms with Crippen molar-refractivity contribution < 1.29 is 29.1 Å². The second-order valence-electron chi connectivity index (χ2n) is 8.35. The van der Waals surface area contributed by atoms with Gasteiger partial charge in [-0.15, -0.1) is 0 Å². The molecule has 0 aliphatic rings. The first kappa shape index (κ1) is 28.0. The number of amides is 4. The van der Waals surface area contributed by atoms with Crippen LogP contribution in [0.15, 0.2) is 60.7 Å². The van der Waals surface area contributed by atoms with Crippen LogP contribution in [0.3, 0.4) is 0 Å². The molecule has 4 amide bonds. The van der Waals surface area contributed by atoms with Crippen molar-refractivity contribution in [3.05, 3.63) is 71.8 Å². The quantitative estimate of drug-likeness (QED) is 0.209. The van der Waals surface area contributed by atoms with Gasteiger partial charge in [-0.25, -0.2) is 0 Å². The Labute approximate surface area is 208 Å². The van der Waals surface area contributed by atoms with Crippen molar-refractivity contribution in [3.63, 3.8) is 0 Å². The van der Waals surface area contributed by atoms with Gasteiger partial charge in [0.15, 0.2) is 0 Å². The fourth-order valence-corrected chi connectivity index (χ4v) is 3.35. The lowest BCUT2D eigenvalue weighted by atomic mass is 10.0. The van der Waals surface area contributed by atoms with E-state index in [2.05, 4.69) is 16.0 Å². The van der Waals surface area contributed by atoms with Crippen LogP contribution in [-0.4, -0.2) is 58.9 Å². The standard InChI is InChI=1S/C25H31N5O6/c1-15(25(35)36)28-23(33)19(12-16-8-4-2-5-9-16)30-24(34)20(13-17-10-6-3-7-11-17)29-22(32)18(26)14-21(27)31/h2-11,15,18-20H,12-14,26H2,1H3,(H2,27,31)(H,28,33)(H,29,32)(H,30,34)(H,35,36). The van der Waals surface area contributed by atoms with E-state index in [1.54, 1.807) is 60.7 Å². The molecule has 4 unspecified atom stereocenters. The summed E-state index contributed by atoms with van der Waals surface area (Å²) >= 11 is 0. The van der Waals surface area contributed by atoms with Crippen LogP contribution in [0.1, 0.15) is 24.5 Å². The summed E-state index contributed by atoms with van der Waals surface area (Å²) in [5.74, 6) is -4.14. The third-order valence-corrected chi connectivity index (χ3v) is 5.32. The topological polar surface area (TPSA) is 194 Å². The van der Waals surface area contributed by atoms with E-state index in [9.17, 15) is 24.0 Å². The van der Waals surface area contributed by atoms with Gasteiger partial charge in [0.25, 0.3) is 0 Å². The van der Waals surface area contributed by atoms with E-state index in [0.29, 0.717) is 0 Å². The largest absolute Gasteiger partial charge is 0.480 e. The van der Waals surface area contributed by atoms with E-state index in [4.69, 9.17) is 16.6 Å². The van der Waals surface area contributed by atoms with Crippen LogP contribution in [0, 0.1) is 0 Å². The van der Waals surface area contributed by atoms with Crippen molar-refractivity contribution in [1.82, 2.24) is 16.0 Å². The monoisotopic (exact) mass is 497 g/mol. The van der Waals surface area contributed by atoms with Crippen LogP contribution < -0.4 is 27.4 Å². The minimum atomic E-state index is -1.26. The van der Waals surface area contributed by atoms with Gasteiger partial charge in [-0.2, -0.15) is 0 Å². The number of primary amides is 1. The number of aliphatic carboxylic acids is 1. The van der Waals surface area contributed by atoms with Crippen molar-refractivity contribution in [2.24, 2.45) is 11.5 Å². The summed E-state index contributed by atoms with van der Waals surface area (Å²) < 4.78 is 0. The molecule has 0 saturated carbocycles. The summed E-state index contributed by atoms with van der Waals surface area (Å²) in [6.07, 6.45) is -0.248. The van der Waals surface area contributed by atoms with Crippen molar-refractivity contribution in [2.45, 2.75) is 50.4 Å². The first-order valence-corrected chi connectivity index (χ1v) is 11.3. The molecule has 11 nitrogen and oxygen atoms in total. The third-order valence-electron chi connectivity index (χ3n) is 5.32. The smallest absolute Gasteiger partial charge is 0.325 e. The lowest BCUT2D eigenvalue weighted by Gasteiger charge is -2.25. The molecule has 11 heteroatoms. The molecular weight excluding hydrogens is 466 g/mol. The summed E-state index contributed by atoms with van der Waals surface area (Å²) in [5.41, 5.74) is 12.3. The SMILES string of the molecule is CC(NC(=O)C(Cc1ccccc1)NC(=O)C(Cc1ccccc1)NC(=O)C(N)CC(N)=O)C(=O)O. The molecular formula is C25H31N5O6. The molecule has 0 aliphatic heterocycles. The van der Waals surface area contributed by atoms with Gasteiger partial charge < -0.3 is 32.5 Å². The third kappa shape index (κ3) is 9.18. The molecule has 0 radical (unpaired) electrons. The zero-order valence-corrected chi connectivity index (χ0v) is 19.8. The fraction of sp³-hybridized carbons (Fsp3) is 0.320. The Balaban J connectivity index is 2.26. The Morgan fingerprint density at radius 1 is 0.750 bits per heavy atom. The number of nitrogens with one attached hydrogen (secondary N) is 3.